The first kappa shape index (κ1) is 7.84. The minimum absolute atomic E-state index is 0.841. The van der Waals surface area contributed by atoms with Crippen molar-refractivity contribution in [3.63, 3.8) is 0 Å². The van der Waals surface area contributed by atoms with Gasteiger partial charge >= 0.3 is 0 Å². The molecule has 0 radical (unpaired) electrons. The van der Waals surface area contributed by atoms with E-state index in [1.165, 1.54) is 25.7 Å². The van der Waals surface area contributed by atoms with Crippen molar-refractivity contribution in [2.75, 3.05) is 0 Å². The van der Waals surface area contributed by atoms with Crippen LogP contribution in [-0.2, 0) is 0 Å². The fourth-order valence-corrected chi connectivity index (χ4v) is 1.82. The molecule has 1 rings (SSSR count). The number of hydrogen-bond donors (Lipinski definition) is 0. The second-order valence-electron chi connectivity index (χ2n) is 3.41. The van der Waals surface area contributed by atoms with Crippen LogP contribution in [0, 0.1) is 11.8 Å². The first-order valence-electron chi connectivity index (χ1n) is 4.51. The smallest absolute Gasteiger partial charge is 0.0233 e. The van der Waals surface area contributed by atoms with Crippen LogP contribution in [0.2, 0.25) is 0 Å². The van der Waals surface area contributed by atoms with E-state index in [1.807, 2.05) is 0 Å². The van der Waals surface area contributed by atoms with Gasteiger partial charge in [-0.05, 0) is 24.7 Å². The molecule has 0 spiro atoms. The highest BCUT2D eigenvalue weighted by atomic mass is 14.2. The van der Waals surface area contributed by atoms with Crippen LogP contribution in [0.15, 0.2) is 12.2 Å². The zero-order valence-electron chi connectivity index (χ0n) is 7.14. The maximum atomic E-state index is 2.38. The third kappa shape index (κ3) is 1.86. The Labute approximate surface area is 64.3 Å². The molecule has 58 valence electrons. The molecule has 0 amide bonds. The Morgan fingerprint density at radius 3 is 2.90 bits per heavy atom. The van der Waals surface area contributed by atoms with Crippen LogP contribution in [0.4, 0.5) is 0 Å². The molecule has 1 aliphatic rings. The summed E-state index contributed by atoms with van der Waals surface area (Å²) in [5.41, 5.74) is 0. The molecule has 0 saturated heterocycles. The van der Waals surface area contributed by atoms with Crippen LogP contribution in [0.25, 0.3) is 0 Å². The van der Waals surface area contributed by atoms with Crippen molar-refractivity contribution in [3.05, 3.63) is 12.2 Å². The predicted molar refractivity (Wildman–Crippen MR) is 45.9 cm³/mol. The summed E-state index contributed by atoms with van der Waals surface area (Å²) < 4.78 is 0. The lowest BCUT2D eigenvalue weighted by atomic mass is 9.82. The molecule has 0 N–H and O–H groups in total. The maximum Gasteiger partial charge on any atom is -0.0233 e. The molecule has 0 aromatic carbocycles. The average molecular weight is 138 g/mol. The Kier molecular flexibility index (Phi) is 2.98. The van der Waals surface area contributed by atoms with Crippen molar-refractivity contribution >= 4 is 0 Å². The molecule has 0 aliphatic heterocycles. The van der Waals surface area contributed by atoms with Crippen molar-refractivity contribution in [2.45, 2.75) is 39.5 Å². The normalized spacial score (nSPS) is 32.6. The highest BCUT2D eigenvalue weighted by Crippen LogP contribution is 2.27. The Hall–Kier alpha value is -0.260. The average Bonchev–Trinajstić information content (AvgIpc) is 1.94. The second kappa shape index (κ2) is 3.80. The fraction of sp³-hybridized carbons (Fsp3) is 0.800. The third-order valence-corrected chi connectivity index (χ3v) is 2.55. The van der Waals surface area contributed by atoms with Crippen LogP contribution in [-0.4, -0.2) is 0 Å². The summed E-state index contributed by atoms with van der Waals surface area (Å²) in [5.74, 6) is 1.82. The van der Waals surface area contributed by atoms with E-state index in [-0.39, 0.29) is 0 Å². The van der Waals surface area contributed by atoms with Crippen molar-refractivity contribution in [1.82, 2.24) is 0 Å². The van der Waals surface area contributed by atoms with Gasteiger partial charge < -0.3 is 0 Å². The topological polar surface area (TPSA) is 0 Å². The summed E-state index contributed by atoms with van der Waals surface area (Å²) in [5, 5.41) is 0. The van der Waals surface area contributed by atoms with E-state index in [0.29, 0.717) is 0 Å². The molecule has 0 fully saturated rings. The lowest BCUT2D eigenvalue weighted by Crippen LogP contribution is -2.12. The third-order valence-electron chi connectivity index (χ3n) is 2.55. The van der Waals surface area contributed by atoms with Gasteiger partial charge in [0.2, 0.25) is 0 Å². The summed E-state index contributed by atoms with van der Waals surface area (Å²) >= 11 is 0. The minimum atomic E-state index is 0.841. The molecular weight excluding hydrogens is 120 g/mol. The lowest BCUT2D eigenvalue weighted by molar-refractivity contribution is 0.351. The Balaban J connectivity index is 2.36. The van der Waals surface area contributed by atoms with Crippen molar-refractivity contribution in [3.8, 4) is 0 Å². The Morgan fingerprint density at radius 1 is 1.50 bits per heavy atom. The van der Waals surface area contributed by atoms with Crippen molar-refractivity contribution in [1.29, 1.82) is 0 Å². The number of rotatable bonds is 2. The van der Waals surface area contributed by atoms with Gasteiger partial charge in [-0.15, -0.1) is 0 Å². The summed E-state index contributed by atoms with van der Waals surface area (Å²) in [7, 11) is 0. The van der Waals surface area contributed by atoms with Gasteiger partial charge in [-0.2, -0.15) is 0 Å². The Bertz CT molecular complexity index is 113. The molecule has 0 nitrogen and oxygen atoms in total. The van der Waals surface area contributed by atoms with Gasteiger partial charge in [-0.1, -0.05) is 38.8 Å². The van der Waals surface area contributed by atoms with Gasteiger partial charge in [0.1, 0.15) is 0 Å². The molecule has 0 aromatic heterocycles. The monoisotopic (exact) mass is 138 g/mol. The molecule has 2 unspecified atom stereocenters. The van der Waals surface area contributed by atoms with E-state index in [2.05, 4.69) is 26.0 Å². The van der Waals surface area contributed by atoms with E-state index in [1.54, 1.807) is 0 Å². The summed E-state index contributed by atoms with van der Waals surface area (Å²) in [4.78, 5) is 0. The van der Waals surface area contributed by atoms with Crippen LogP contribution in [0.5, 0.6) is 0 Å². The van der Waals surface area contributed by atoms with E-state index in [4.69, 9.17) is 0 Å². The Morgan fingerprint density at radius 2 is 2.30 bits per heavy atom. The molecule has 2 atom stereocenters. The van der Waals surface area contributed by atoms with E-state index in [0.717, 1.165) is 11.8 Å². The summed E-state index contributed by atoms with van der Waals surface area (Å²) in [6.07, 6.45) is 10.2. The molecule has 0 heteroatoms. The molecular formula is C10H18. The zero-order valence-corrected chi connectivity index (χ0v) is 7.14. The lowest BCUT2D eigenvalue weighted by Gasteiger charge is -2.23. The molecule has 1 aliphatic carbocycles. The predicted octanol–water partition coefficient (Wildman–Crippen LogP) is 3.39. The van der Waals surface area contributed by atoms with Gasteiger partial charge in [0.15, 0.2) is 0 Å². The first-order chi connectivity index (χ1) is 4.84. The van der Waals surface area contributed by atoms with Crippen LogP contribution < -0.4 is 0 Å². The fourth-order valence-electron chi connectivity index (χ4n) is 1.82. The van der Waals surface area contributed by atoms with Crippen molar-refractivity contribution < 1.29 is 0 Å². The van der Waals surface area contributed by atoms with Gasteiger partial charge in [-0.3, -0.25) is 0 Å². The SMILES string of the molecule is CCCC1CCC=CC1C. The van der Waals surface area contributed by atoms with Gasteiger partial charge in [-0.25, -0.2) is 0 Å². The maximum absolute atomic E-state index is 2.38. The highest BCUT2D eigenvalue weighted by molar-refractivity contribution is 4.94. The van der Waals surface area contributed by atoms with Crippen LogP contribution >= 0.6 is 0 Å². The number of allylic oxidation sites excluding steroid dienone is 2. The van der Waals surface area contributed by atoms with E-state index >= 15 is 0 Å². The first-order valence-corrected chi connectivity index (χ1v) is 4.51. The quantitative estimate of drug-likeness (QED) is 0.513. The zero-order chi connectivity index (χ0) is 7.40. The molecule has 10 heavy (non-hydrogen) atoms. The summed E-state index contributed by atoms with van der Waals surface area (Å²) in [6.45, 7) is 4.63. The molecule has 0 saturated carbocycles. The van der Waals surface area contributed by atoms with E-state index in [9.17, 15) is 0 Å². The standard InChI is InChI=1S/C10H18/c1-3-6-10-8-5-4-7-9(10)2/h4,7,9-10H,3,5-6,8H2,1-2H3. The van der Waals surface area contributed by atoms with Gasteiger partial charge in [0, 0.05) is 0 Å². The van der Waals surface area contributed by atoms with Crippen LogP contribution in [0.3, 0.4) is 0 Å². The van der Waals surface area contributed by atoms with Gasteiger partial charge in [0.05, 0.1) is 0 Å². The van der Waals surface area contributed by atoms with Gasteiger partial charge in [0.25, 0.3) is 0 Å². The summed E-state index contributed by atoms with van der Waals surface area (Å²) in [6, 6.07) is 0. The van der Waals surface area contributed by atoms with Crippen LogP contribution in [0.1, 0.15) is 39.5 Å². The van der Waals surface area contributed by atoms with E-state index < -0.39 is 0 Å². The largest absolute Gasteiger partial charge is 0.0882 e. The van der Waals surface area contributed by atoms with Crippen molar-refractivity contribution in [2.24, 2.45) is 11.8 Å². The molecule has 0 aromatic rings. The molecule has 0 heterocycles. The molecule has 0 bridgehead atoms. The number of hydrogen-bond acceptors (Lipinski definition) is 0. The minimum Gasteiger partial charge on any atom is -0.0882 e. The second-order valence-corrected chi connectivity index (χ2v) is 3.41. The highest BCUT2D eigenvalue weighted by Gasteiger charge is 2.15.